The predicted molar refractivity (Wildman–Crippen MR) is 287 cm³/mol. The van der Waals surface area contributed by atoms with Gasteiger partial charge in [-0.1, -0.05) is 36.4 Å². The highest BCUT2D eigenvalue weighted by Crippen LogP contribution is 2.31. The monoisotopic (exact) mass is 1210 g/mol. The minimum absolute atomic E-state index is 0. The zero-order valence-electron chi connectivity index (χ0n) is 38.2. The van der Waals surface area contributed by atoms with Crippen LogP contribution in [0.2, 0.25) is 0 Å². The highest BCUT2D eigenvalue weighted by Gasteiger charge is 2.30. The van der Waals surface area contributed by atoms with Crippen LogP contribution in [0.3, 0.4) is 0 Å². The molecule has 14 nitrogen and oxygen atoms in total. The second-order valence-corrected chi connectivity index (χ2v) is 19.3. The summed E-state index contributed by atoms with van der Waals surface area (Å²) in [6, 6.07) is 22.9. The number of piperazine rings is 2. The Morgan fingerprint density at radius 2 is 1.00 bits per heavy atom. The van der Waals surface area contributed by atoms with Gasteiger partial charge in [0.15, 0.2) is 0 Å². The topological polar surface area (TPSA) is 189 Å². The van der Waals surface area contributed by atoms with Gasteiger partial charge in [0.1, 0.15) is 0 Å². The lowest BCUT2D eigenvalue weighted by atomic mass is 10.0. The van der Waals surface area contributed by atoms with E-state index in [1.54, 1.807) is 23.2 Å². The second-order valence-electron chi connectivity index (χ2n) is 15.7. The number of hydrogen-bond acceptors (Lipinski definition) is 9. The van der Waals surface area contributed by atoms with Crippen molar-refractivity contribution < 1.29 is 39.7 Å². The van der Waals surface area contributed by atoms with Crippen LogP contribution in [0.4, 0.5) is 4.70 Å². The van der Waals surface area contributed by atoms with Crippen LogP contribution in [0.1, 0.15) is 49.2 Å². The lowest BCUT2D eigenvalue weighted by Gasteiger charge is -2.34. The van der Waals surface area contributed by atoms with Crippen LogP contribution >= 0.6 is 82.6 Å². The molecule has 0 spiro atoms. The van der Waals surface area contributed by atoms with Gasteiger partial charge >= 0.3 is 10.5 Å². The highest BCUT2D eigenvalue weighted by atomic mass is 79.9. The van der Waals surface area contributed by atoms with Crippen molar-refractivity contribution in [3.8, 4) is 0 Å². The van der Waals surface area contributed by atoms with Crippen LogP contribution in [-0.4, -0.2) is 128 Å². The largest absolute Gasteiger partial charge is 0.360 e. The number of nitrogens with zero attached hydrogens (tertiary/aromatic N) is 3. The maximum absolute atomic E-state index is 12.9. The van der Waals surface area contributed by atoms with E-state index in [9.17, 15) is 33.6 Å². The van der Waals surface area contributed by atoms with Crippen molar-refractivity contribution in [1.29, 1.82) is 0 Å². The Morgan fingerprint density at radius 3 is 1.44 bits per heavy atom. The first-order valence-electron chi connectivity index (χ1n) is 21.3. The molecule has 2 amide bonds. The first kappa shape index (κ1) is 57.5. The van der Waals surface area contributed by atoms with Crippen molar-refractivity contribution in [2.75, 3.05) is 59.4 Å². The third kappa shape index (κ3) is 14.8. The number of fused-ring (bicyclic) bond motifs is 3. The molecule has 0 saturated carbocycles. The van der Waals surface area contributed by atoms with Crippen LogP contribution in [0.5, 0.6) is 0 Å². The Labute approximate surface area is 444 Å². The van der Waals surface area contributed by atoms with Gasteiger partial charge in [0.25, 0.3) is 22.8 Å². The van der Waals surface area contributed by atoms with Crippen LogP contribution < -0.4 is 5.32 Å². The average molecular weight is 1220 g/mol. The molecule has 2 saturated heterocycles. The summed E-state index contributed by atoms with van der Waals surface area (Å²) in [6.45, 7) is 12.1. The van der Waals surface area contributed by atoms with E-state index in [1.165, 1.54) is 40.7 Å². The summed E-state index contributed by atoms with van der Waals surface area (Å²) in [6.07, 6.45) is 5.06. The van der Waals surface area contributed by atoms with Gasteiger partial charge in [-0.05, 0) is 164 Å². The number of carbonyl (C=O) groups excluding carboxylic acids is 7. The minimum atomic E-state index is -1.14. The van der Waals surface area contributed by atoms with Crippen LogP contribution in [0.25, 0.3) is 32.7 Å². The number of halogens is 7. The molecule has 5 heterocycles. The van der Waals surface area contributed by atoms with Gasteiger partial charge in [-0.15, -0.1) is 0 Å². The van der Waals surface area contributed by atoms with E-state index in [2.05, 4.69) is 128 Å². The number of aromatic nitrogens is 3. The predicted octanol–water partition coefficient (Wildman–Crippen LogP) is 10.3. The highest BCUT2D eigenvalue weighted by molar-refractivity contribution is 9.11. The molecular weight excluding hydrogens is 1160 g/mol. The fraction of sp³-hybridized carbons (Fsp3) is 0.245. The molecule has 0 radical (unpaired) electrons. The van der Waals surface area contributed by atoms with Gasteiger partial charge in [-0.2, -0.15) is 0 Å². The van der Waals surface area contributed by atoms with E-state index in [0.717, 1.165) is 59.4 Å². The van der Waals surface area contributed by atoms with Crippen LogP contribution in [0, 0.1) is 20.8 Å². The first-order chi connectivity index (χ1) is 32.8. The summed E-state index contributed by atoms with van der Waals surface area (Å²) < 4.78 is 2.81. The number of aryl methyl sites for hydroxylation is 3. The maximum Gasteiger partial charge on any atom is 0.304 e. The number of aromatic amines is 3. The molecule has 7 aromatic rings. The van der Waals surface area contributed by atoms with Crippen molar-refractivity contribution >= 4 is 154 Å². The van der Waals surface area contributed by atoms with Crippen LogP contribution in [-0.2, 0) is 19.2 Å². The van der Waals surface area contributed by atoms with E-state index < -0.39 is 33.2 Å². The fourth-order valence-electron chi connectivity index (χ4n) is 7.41. The molecule has 0 bridgehead atoms. The SMILES string of the molecule is CN1CCNCC1.Cc1ccc(Br)c2[nH]cc(C(=O)C(=O)Cl)c12.Cc1ccc(Br)c2[nH]cc(C(=O)C(=O)N3CCN(C(=O)c4ccccc4)CC3)c12.Cc1ccc(Br)c2[nH]ccc12.F.O=C(Cl)C(=O)Cl.[3HH]. The quantitative estimate of drug-likeness (QED) is 0.0714. The van der Waals surface area contributed by atoms with Crippen molar-refractivity contribution in [3.05, 3.63) is 138 Å². The van der Waals surface area contributed by atoms with Crippen molar-refractivity contribution in [2.24, 2.45) is 0 Å². The number of amides is 2. The van der Waals surface area contributed by atoms with Gasteiger partial charge in [0.2, 0.25) is 5.78 Å². The number of nitrogens with one attached hydrogen (secondary N) is 4. The number of carbonyl (C=O) groups is 7. The maximum atomic E-state index is 12.9. The molecule has 2 fully saturated rings. The smallest absolute Gasteiger partial charge is 0.304 e. The van der Waals surface area contributed by atoms with E-state index >= 15 is 0 Å². The fourth-order valence-corrected chi connectivity index (χ4v) is 8.87. The molecule has 2 aliphatic heterocycles. The van der Waals surface area contributed by atoms with E-state index in [1.807, 2.05) is 62.5 Å². The standard InChI is InChI=1S/C22H20BrN3O3.C11H7BrClNO2.C9H8BrN.C5H12N2.C2Cl2O2.FH.H2/c1-14-7-8-17(23)19-18(14)16(13-24-19)20(27)22(29)26-11-9-25(10-12-26)21(28)15-5-3-2-4-6-15;1-5-2-3-7(12)9-8(5)6(4-14-9)10(15)11(13)16;1-6-2-3-8(10)9-7(6)4-5-11-9;1-7-4-2-6-3-5-7;3-1(5)2(4)6;;/h2-8,13,24H,9-12H2,1H3;2-4,14H,1H3;2-5,11H,1H3;6H,2-5H2,1H3;;2*1H/i;;;;;;1+2. The number of hydrogen-bond donors (Lipinski definition) is 4. The third-order valence-electron chi connectivity index (χ3n) is 11.1. The molecule has 21 heteroatoms. The summed E-state index contributed by atoms with van der Waals surface area (Å²) in [5.74, 6) is -1.80. The lowest BCUT2D eigenvalue weighted by molar-refractivity contribution is -0.127. The summed E-state index contributed by atoms with van der Waals surface area (Å²) in [5.41, 5.74) is 7.26. The molecule has 9 rings (SSSR count). The summed E-state index contributed by atoms with van der Waals surface area (Å²) in [5, 5.41) is 2.80. The molecule has 4 aromatic carbocycles. The molecule has 4 N–H and O–H groups in total. The van der Waals surface area contributed by atoms with Crippen molar-refractivity contribution in [3.63, 3.8) is 0 Å². The molecule has 0 atom stereocenters. The molecule has 0 aliphatic carbocycles. The van der Waals surface area contributed by atoms with Crippen molar-refractivity contribution in [1.82, 2.24) is 35.0 Å². The number of ketones is 2. The van der Waals surface area contributed by atoms with Gasteiger partial charge < -0.3 is 35.0 Å². The van der Waals surface area contributed by atoms with Crippen LogP contribution in [0.15, 0.2) is 105 Å². The Bertz CT molecular complexity index is 2980. The summed E-state index contributed by atoms with van der Waals surface area (Å²) >= 11 is 24.5. The van der Waals surface area contributed by atoms with E-state index in [4.69, 9.17) is 11.6 Å². The summed E-state index contributed by atoms with van der Waals surface area (Å²) in [4.78, 5) is 94.4. The van der Waals surface area contributed by atoms with E-state index in [-0.39, 0.29) is 12.0 Å². The zero-order chi connectivity index (χ0) is 50.5. The average Bonchev–Trinajstić information content (AvgIpc) is 4.14. The molecule has 2 aliphatic rings. The Hall–Kier alpha value is -5.05. The summed E-state index contributed by atoms with van der Waals surface area (Å²) in [7, 11) is 2.15. The Kier molecular flexibility index (Phi) is 22.2. The van der Waals surface area contributed by atoms with Gasteiger partial charge in [0, 0.05) is 108 Å². The second kappa shape index (κ2) is 27.0. The first-order valence-corrected chi connectivity index (χ1v) is 24.8. The molecular formula is C49H50Br3Cl3FN7O7. The van der Waals surface area contributed by atoms with Crippen molar-refractivity contribution in [2.45, 2.75) is 20.8 Å². The molecule has 3 aromatic heterocycles. The molecule has 372 valence electrons. The minimum Gasteiger partial charge on any atom is -0.360 e. The zero-order valence-corrected chi connectivity index (χ0v) is 45.2. The molecule has 70 heavy (non-hydrogen) atoms. The lowest BCUT2D eigenvalue weighted by Crippen LogP contribution is -2.52. The Morgan fingerprint density at radius 1 is 0.543 bits per heavy atom. The van der Waals surface area contributed by atoms with Gasteiger partial charge in [0.05, 0.1) is 27.7 Å². The number of Topliss-reactive ketones (excluding diaryl/α,β-unsaturated/α-hetero) is 2. The number of benzene rings is 4. The van der Waals surface area contributed by atoms with Gasteiger partial charge in [-0.3, -0.25) is 38.3 Å². The number of likely N-dealkylation sites (N-methyl/N-ethyl adjacent to an activating group) is 1. The Balaban J connectivity index is 0.000000266. The van der Waals surface area contributed by atoms with Gasteiger partial charge in [-0.25, -0.2) is 0 Å². The third-order valence-corrected chi connectivity index (χ3v) is 13.7. The number of rotatable bonds is 6. The molecule has 0 unspecified atom stereocenters. The number of H-pyrrole nitrogens is 3. The van der Waals surface area contributed by atoms with E-state index in [0.29, 0.717) is 42.9 Å². The normalized spacial score (nSPS) is 13.2.